The average Bonchev–Trinajstić information content (AvgIpc) is 2.79. The van der Waals surface area contributed by atoms with Crippen LogP contribution in [-0.4, -0.2) is 24.2 Å². The van der Waals surface area contributed by atoms with Gasteiger partial charge in [0.2, 0.25) is 0 Å². The average molecular weight is 375 g/mol. The summed E-state index contributed by atoms with van der Waals surface area (Å²) < 4.78 is 11.4. The Morgan fingerprint density at radius 2 is 1.79 bits per heavy atom. The number of phenolic OH excluding ortho intramolecular Hbond substituents is 1. The Balaban J connectivity index is 1.89. The number of rotatable bonds is 1. The molecule has 5 rings (SSSR count). The number of benzene rings is 3. The monoisotopic (exact) mass is 375 g/mol. The van der Waals surface area contributed by atoms with E-state index in [4.69, 9.17) is 9.47 Å². The van der Waals surface area contributed by atoms with Gasteiger partial charge in [0, 0.05) is 28.6 Å². The Hall–Kier alpha value is -3.05. The number of hydrogen-bond acceptors (Lipinski definition) is 5. The summed E-state index contributed by atoms with van der Waals surface area (Å²) in [5, 5.41) is 15.2. The van der Waals surface area contributed by atoms with E-state index in [0.29, 0.717) is 33.9 Å². The molecule has 0 radical (unpaired) electrons. The van der Waals surface area contributed by atoms with Crippen molar-refractivity contribution in [2.24, 2.45) is 0 Å². The van der Waals surface area contributed by atoms with Crippen LogP contribution < -0.4 is 14.8 Å². The molecule has 2 aliphatic heterocycles. The number of phenols is 1. The Kier molecular flexibility index (Phi) is 3.64. The van der Waals surface area contributed by atoms with Crippen LogP contribution in [-0.2, 0) is 6.42 Å². The smallest absolute Gasteiger partial charge is 0.344 e. The van der Waals surface area contributed by atoms with Gasteiger partial charge in [-0.25, -0.2) is 4.79 Å². The molecule has 0 spiro atoms. The number of hydrogen-bond donors (Lipinski definition) is 2. The highest BCUT2D eigenvalue weighted by Gasteiger charge is 2.32. The van der Waals surface area contributed by atoms with E-state index in [1.54, 1.807) is 25.3 Å². The number of esters is 1. The Morgan fingerprint density at radius 1 is 1.04 bits per heavy atom. The third kappa shape index (κ3) is 2.26. The number of carbonyl (C=O) groups excluding carboxylic acids is 1. The zero-order valence-corrected chi connectivity index (χ0v) is 16.0. The zero-order chi connectivity index (χ0) is 19.6. The van der Waals surface area contributed by atoms with Gasteiger partial charge in [-0.1, -0.05) is 12.1 Å². The van der Waals surface area contributed by atoms with Crippen LogP contribution in [0.1, 0.15) is 41.4 Å². The van der Waals surface area contributed by atoms with Gasteiger partial charge in [0.25, 0.3) is 0 Å². The molecule has 28 heavy (non-hydrogen) atoms. The Bertz CT molecular complexity index is 1150. The largest absolute Gasteiger partial charge is 0.507 e. The molecule has 0 amide bonds. The number of fused-ring (bicyclic) bond motifs is 4. The van der Waals surface area contributed by atoms with Gasteiger partial charge in [-0.05, 0) is 55.7 Å². The maximum Gasteiger partial charge on any atom is 0.344 e. The van der Waals surface area contributed by atoms with Gasteiger partial charge >= 0.3 is 5.97 Å². The lowest BCUT2D eigenvalue weighted by Gasteiger charge is -2.31. The number of ether oxygens (including phenoxy) is 2. The lowest BCUT2D eigenvalue weighted by molar-refractivity contribution is 0.0736. The van der Waals surface area contributed by atoms with Gasteiger partial charge < -0.3 is 19.9 Å². The maximum absolute atomic E-state index is 13.1. The summed E-state index contributed by atoms with van der Waals surface area (Å²) in [5.74, 6) is 0.792. The molecule has 3 aromatic rings. The molecule has 0 aliphatic carbocycles. The predicted octanol–water partition coefficient (Wildman–Crippen LogP) is 4.35. The minimum absolute atomic E-state index is 0.0739. The molecule has 2 N–H and O–H groups in total. The Morgan fingerprint density at radius 3 is 2.57 bits per heavy atom. The number of methoxy groups -OCH3 is 1. The first-order valence-corrected chi connectivity index (χ1v) is 9.46. The van der Waals surface area contributed by atoms with Crippen molar-refractivity contribution in [3.63, 3.8) is 0 Å². The number of carbonyl (C=O) groups is 1. The molecule has 5 nitrogen and oxygen atoms in total. The topological polar surface area (TPSA) is 67.8 Å². The maximum atomic E-state index is 13.1. The van der Waals surface area contributed by atoms with Gasteiger partial charge in [0.15, 0.2) is 0 Å². The summed E-state index contributed by atoms with van der Waals surface area (Å²) in [7, 11) is 1.55. The highest BCUT2D eigenvalue weighted by atomic mass is 16.5. The fourth-order valence-corrected chi connectivity index (χ4v) is 4.67. The summed E-state index contributed by atoms with van der Waals surface area (Å²) in [4.78, 5) is 13.1. The minimum atomic E-state index is -0.419. The van der Waals surface area contributed by atoms with Crippen molar-refractivity contribution in [3.05, 3.63) is 53.1 Å². The standard InChI is InChI=1S/C23H21NO4/c1-11-10-13-4-5-15-14-6-8-17(25)21-18(27-3)9-7-16(20(14)21)23(26)28-22(15)19(13)12(2)24-11/h4-9,11-12,24-25H,10H2,1-3H3/t11-,12-/m1/s1. The van der Waals surface area contributed by atoms with Crippen LogP contribution in [0.3, 0.4) is 0 Å². The van der Waals surface area contributed by atoms with Crippen molar-refractivity contribution in [1.82, 2.24) is 5.32 Å². The fraction of sp³-hybridized carbons (Fsp3) is 0.261. The number of aromatic hydroxyl groups is 1. The van der Waals surface area contributed by atoms with Crippen LogP contribution in [0.2, 0.25) is 0 Å². The van der Waals surface area contributed by atoms with Gasteiger partial charge in [0.1, 0.15) is 17.2 Å². The number of nitrogens with one attached hydrogen (secondary N) is 1. The third-order valence-corrected chi connectivity index (χ3v) is 5.81. The van der Waals surface area contributed by atoms with Crippen LogP contribution in [0.5, 0.6) is 17.2 Å². The van der Waals surface area contributed by atoms with Gasteiger partial charge in [-0.15, -0.1) is 0 Å². The van der Waals surface area contributed by atoms with Crippen molar-refractivity contribution < 1.29 is 19.4 Å². The lowest BCUT2D eigenvalue weighted by atomic mass is 9.86. The van der Waals surface area contributed by atoms with E-state index in [2.05, 4.69) is 25.2 Å². The first kappa shape index (κ1) is 17.1. The van der Waals surface area contributed by atoms with E-state index >= 15 is 0 Å². The molecule has 2 atom stereocenters. The molecule has 0 fully saturated rings. The zero-order valence-electron chi connectivity index (χ0n) is 16.0. The van der Waals surface area contributed by atoms with Crippen LogP contribution in [0, 0.1) is 0 Å². The van der Waals surface area contributed by atoms with Gasteiger partial charge in [-0.3, -0.25) is 0 Å². The van der Waals surface area contributed by atoms with Crippen LogP contribution in [0.4, 0.5) is 0 Å². The van der Waals surface area contributed by atoms with E-state index in [-0.39, 0.29) is 11.8 Å². The van der Waals surface area contributed by atoms with E-state index in [1.165, 1.54) is 5.56 Å². The van der Waals surface area contributed by atoms with E-state index in [9.17, 15) is 9.90 Å². The second-order valence-corrected chi connectivity index (χ2v) is 7.60. The van der Waals surface area contributed by atoms with Crippen LogP contribution in [0.25, 0.3) is 21.9 Å². The molecule has 5 heteroatoms. The predicted molar refractivity (Wildman–Crippen MR) is 107 cm³/mol. The van der Waals surface area contributed by atoms with E-state index < -0.39 is 5.97 Å². The van der Waals surface area contributed by atoms with Crippen LogP contribution in [0.15, 0.2) is 36.4 Å². The highest BCUT2D eigenvalue weighted by molar-refractivity contribution is 6.16. The molecule has 0 saturated carbocycles. The van der Waals surface area contributed by atoms with E-state index in [0.717, 1.165) is 23.1 Å². The quantitative estimate of drug-likeness (QED) is 0.489. The first-order chi connectivity index (χ1) is 13.5. The SMILES string of the molecule is COc1ccc2c3c(ccc(O)c13)-c1ccc3c(c1OC2=O)[C@@H](C)N[C@H](C)C3. The lowest BCUT2D eigenvalue weighted by Crippen LogP contribution is -2.36. The molecule has 142 valence electrons. The molecule has 0 saturated heterocycles. The molecule has 3 aromatic carbocycles. The Labute approximate surface area is 162 Å². The van der Waals surface area contributed by atoms with Crippen LogP contribution >= 0.6 is 0 Å². The fourth-order valence-electron chi connectivity index (χ4n) is 4.67. The summed E-state index contributed by atoms with van der Waals surface area (Å²) in [6, 6.07) is 11.5. The second-order valence-electron chi connectivity index (χ2n) is 7.60. The summed E-state index contributed by atoms with van der Waals surface area (Å²) in [5.41, 5.74) is 4.37. The van der Waals surface area contributed by atoms with Gasteiger partial charge in [-0.2, -0.15) is 0 Å². The molecular formula is C23H21NO4. The van der Waals surface area contributed by atoms with Crippen molar-refractivity contribution in [2.75, 3.05) is 7.11 Å². The second kappa shape index (κ2) is 5.97. The summed E-state index contributed by atoms with van der Waals surface area (Å²) in [6.45, 7) is 4.25. The summed E-state index contributed by atoms with van der Waals surface area (Å²) >= 11 is 0. The minimum Gasteiger partial charge on any atom is -0.507 e. The molecular weight excluding hydrogens is 354 g/mol. The third-order valence-electron chi connectivity index (χ3n) is 5.81. The molecule has 0 unspecified atom stereocenters. The molecule has 0 aromatic heterocycles. The van der Waals surface area contributed by atoms with E-state index in [1.807, 2.05) is 12.1 Å². The summed E-state index contributed by atoms with van der Waals surface area (Å²) in [6.07, 6.45) is 0.885. The molecule has 2 heterocycles. The highest BCUT2D eigenvalue weighted by Crippen LogP contribution is 2.48. The van der Waals surface area contributed by atoms with Crippen molar-refractivity contribution in [3.8, 4) is 28.4 Å². The van der Waals surface area contributed by atoms with Crippen molar-refractivity contribution in [1.29, 1.82) is 0 Å². The normalized spacial score (nSPS) is 20.2. The van der Waals surface area contributed by atoms with Gasteiger partial charge in [0.05, 0.1) is 18.1 Å². The van der Waals surface area contributed by atoms with Crippen molar-refractivity contribution >= 4 is 16.7 Å². The first-order valence-electron chi connectivity index (χ1n) is 9.46. The van der Waals surface area contributed by atoms with Crippen molar-refractivity contribution in [2.45, 2.75) is 32.4 Å². The molecule has 0 bridgehead atoms. The molecule has 2 aliphatic rings.